The van der Waals surface area contributed by atoms with Crippen molar-refractivity contribution in [2.24, 2.45) is 0 Å². The predicted molar refractivity (Wildman–Crippen MR) is 69.6 cm³/mol. The third kappa shape index (κ3) is 2.23. The van der Waals surface area contributed by atoms with Crippen LogP contribution in [0.1, 0.15) is 12.5 Å². The molecule has 2 aromatic rings. The lowest BCUT2D eigenvalue weighted by atomic mass is 10.1. The fourth-order valence-electron chi connectivity index (χ4n) is 1.75. The molecule has 0 bridgehead atoms. The van der Waals surface area contributed by atoms with Crippen LogP contribution in [0.3, 0.4) is 0 Å². The number of aromatic nitrogens is 1. The molecule has 0 fully saturated rings. The number of rotatable bonds is 3. The van der Waals surface area contributed by atoms with E-state index in [0.29, 0.717) is 29.3 Å². The maximum atomic E-state index is 12.0. The fourth-order valence-corrected chi connectivity index (χ4v) is 1.92. The zero-order valence-corrected chi connectivity index (χ0v) is 10.6. The highest BCUT2D eigenvalue weighted by molar-refractivity contribution is 6.31. The van der Waals surface area contributed by atoms with Gasteiger partial charge in [0.15, 0.2) is 0 Å². The molecule has 0 amide bonds. The van der Waals surface area contributed by atoms with Gasteiger partial charge < -0.3 is 9.30 Å². The van der Waals surface area contributed by atoms with Crippen molar-refractivity contribution in [3.8, 4) is 6.07 Å². The first-order chi connectivity index (χ1) is 8.67. The van der Waals surface area contributed by atoms with Crippen molar-refractivity contribution < 1.29 is 4.74 Å². The third-order valence-electron chi connectivity index (χ3n) is 2.60. The number of pyridine rings is 1. The van der Waals surface area contributed by atoms with Crippen molar-refractivity contribution >= 4 is 22.5 Å². The number of nitriles is 1. The first kappa shape index (κ1) is 12.6. The summed E-state index contributed by atoms with van der Waals surface area (Å²) in [7, 11) is 0. The van der Waals surface area contributed by atoms with E-state index in [4.69, 9.17) is 21.6 Å². The number of hydrogen-bond donors (Lipinski definition) is 0. The van der Waals surface area contributed by atoms with Crippen molar-refractivity contribution in [1.29, 1.82) is 5.26 Å². The first-order valence-electron chi connectivity index (χ1n) is 5.48. The summed E-state index contributed by atoms with van der Waals surface area (Å²) in [5, 5.41) is 9.86. The van der Waals surface area contributed by atoms with Gasteiger partial charge in [-0.1, -0.05) is 11.6 Å². The van der Waals surface area contributed by atoms with Gasteiger partial charge in [0.25, 0.3) is 0 Å². The number of halogens is 1. The van der Waals surface area contributed by atoms with Crippen LogP contribution in [0.4, 0.5) is 0 Å². The topological polar surface area (TPSA) is 55.0 Å². The van der Waals surface area contributed by atoms with E-state index in [1.165, 1.54) is 6.20 Å². The van der Waals surface area contributed by atoms with Gasteiger partial charge in [0.2, 0.25) is 5.43 Å². The molecule has 0 saturated carbocycles. The Kier molecular flexibility index (Phi) is 3.66. The Morgan fingerprint density at radius 3 is 2.94 bits per heavy atom. The van der Waals surface area contributed by atoms with Gasteiger partial charge in [-0.3, -0.25) is 4.79 Å². The summed E-state index contributed by atoms with van der Waals surface area (Å²) >= 11 is 5.88. The average Bonchev–Trinajstić information content (AvgIpc) is 2.38. The lowest BCUT2D eigenvalue weighted by molar-refractivity contribution is 0.0904. The van der Waals surface area contributed by atoms with Gasteiger partial charge in [0.1, 0.15) is 18.4 Å². The van der Waals surface area contributed by atoms with Gasteiger partial charge in [-0.15, -0.1) is 0 Å². The summed E-state index contributed by atoms with van der Waals surface area (Å²) < 4.78 is 7.05. The number of benzene rings is 1. The minimum atomic E-state index is -0.303. The Morgan fingerprint density at radius 2 is 2.28 bits per heavy atom. The lowest BCUT2D eigenvalue weighted by Crippen LogP contribution is -2.14. The monoisotopic (exact) mass is 262 g/mol. The van der Waals surface area contributed by atoms with E-state index >= 15 is 0 Å². The molecule has 1 heterocycles. The molecule has 0 N–H and O–H groups in total. The summed E-state index contributed by atoms with van der Waals surface area (Å²) in [6.07, 6.45) is 1.51. The fraction of sp³-hybridized carbons (Fsp3) is 0.231. The summed E-state index contributed by atoms with van der Waals surface area (Å²) in [5.41, 5.74) is 0.490. The van der Waals surface area contributed by atoms with E-state index in [-0.39, 0.29) is 11.0 Å². The van der Waals surface area contributed by atoms with Gasteiger partial charge in [0.05, 0.1) is 5.52 Å². The van der Waals surface area contributed by atoms with Crippen molar-refractivity contribution in [3.63, 3.8) is 0 Å². The van der Waals surface area contributed by atoms with Crippen LogP contribution in [-0.2, 0) is 11.5 Å². The predicted octanol–water partition coefficient (Wildman–Crippen LogP) is 2.52. The van der Waals surface area contributed by atoms with Gasteiger partial charge in [-0.05, 0) is 25.1 Å². The highest BCUT2D eigenvalue weighted by atomic mass is 35.5. The van der Waals surface area contributed by atoms with E-state index < -0.39 is 0 Å². The zero-order chi connectivity index (χ0) is 13.1. The number of ether oxygens (including phenoxy) is 1. The highest BCUT2D eigenvalue weighted by Crippen LogP contribution is 2.17. The van der Waals surface area contributed by atoms with Crippen LogP contribution in [-0.4, -0.2) is 11.2 Å². The molecule has 0 radical (unpaired) electrons. The molecule has 0 unspecified atom stereocenters. The Labute approximate surface area is 109 Å². The van der Waals surface area contributed by atoms with E-state index in [0.717, 1.165) is 0 Å². The Balaban J connectivity index is 2.74. The molecule has 1 aromatic carbocycles. The lowest BCUT2D eigenvalue weighted by Gasteiger charge is -2.11. The van der Waals surface area contributed by atoms with Gasteiger partial charge in [-0.25, -0.2) is 0 Å². The molecular weight excluding hydrogens is 252 g/mol. The molecule has 0 spiro atoms. The third-order valence-corrected chi connectivity index (χ3v) is 2.83. The van der Waals surface area contributed by atoms with Gasteiger partial charge in [0, 0.05) is 23.2 Å². The summed E-state index contributed by atoms with van der Waals surface area (Å²) in [6.45, 7) is 2.74. The molecule has 0 atom stereocenters. The smallest absolute Gasteiger partial charge is 0.207 e. The van der Waals surface area contributed by atoms with Crippen molar-refractivity contribution in [3.05, 3.63) is 45.2 Å². The van der Waals surface area contributed by atoms with Crippen molar-refractivity contribution in [1.82, 2.24) is 4.57 Å². The van der Waals surface area contributed by atoms with Crippen molar-refractivity contribution in [2.75, 3.05) is 6.61 Å². The SMILES string of the molecule is CCOCn1cc(C#N)c(=O)c2cc(Cl)ccc21. The van der Waals surface area contributed by atoms with Crippen LogP contribution >= 0.6 is 11.6 Å². The number of fused-ring (bicyclic) bond motifs is 1. The van der Waals surface area contributed by atoms with Crippen LogP contribution in [0, 0.1) is 11.3 Å². The molecule has 4 nitrogen and oxygen atoms in total. The van der Waals surface area contributed by atoms with Crippen LogP contribution < -0.4 is 5.43 Å². The van der Waals surface area contributed by atoms with Gasteiger partial charge in [-0.2, -0.15) is 5.26 Å². The van der Waals surface area contributed by atoms with E-state index in [9.17, 15) is 4.79 Å². The normalized spacial score (nSPS) is 10.5. The Hall–Kier alpha value is -1.83. The quantitative estimate of drug-likeness (QED) is 0.854. The standard InChI is InChI=1S/C13H11ClN2O2/c1-2-18-8-16-7-9(6-15)13(17)11-5-10(14)3-4-12(11)16/h3-5,7H,2,8H2,1H3. The summed E-state index contributed by atoms with van der Waals surface area (Å²) in [4.78, 5) is 12.0. The van der Waals surface area contributed by atoms with E-state index in [2.05, 4.69) is 0 Å². The zero-order valence-electron chi connectivity index (χ0n) is 9.81. The Bertz CT molecular complexity index is 686. The van der Waals surface area contributed by atoms with E-state index in [1.807, 2.05) is 13.0 Å². The number of nitrogens with zero attached hydrogens (tertiary/aromatic N) is 2. The maximum Gasteiger partial charge on any atom is 0.207 e. The van der Waals surface area contributed by atoms with Gasteiger partial charge >= 0.3 is 0 Å². The first-order valence-corrected chi connectivity index (χ1v) is 5.85. The molecule has 0 aliphatic heterocycles. The van der Waals surface area contributed by atoms with Crippen molar-refractivity contribution in [2.45, 2.75) is 13.7 Å². The summed E-state index contributed by atoms with van der Waals surface area (Å²) in [6, 6.07) is 6.92. The highest BCUT2D eigenvalue weighted by Gasteiger charge is 2.09. The second-order valence-corrected chi connectivity index (χ2v) is 4.17. The minimum Gasteiger partial charge on any atom is -0.361 e. The summed E-state index contributed by atoms with van der Waals surface area (Å²) in [5.74, 6) is 0. The molecule has 5 heteroatoms. The second kappa shape index (κ2) is 5.21. The number of hydrogen-bond acceptors (Lipinski definition) is 3. The second-order valence-electron chi connectivity index (χ2n) is 3.74. The molecule has 0 saturated heterocycles. The molecule has 2 rings (SSSR count). The molecule has 0 aliphatic rings. The average molecular weight is 263 g/mol. The molecule has 1 aromatic heterocycles. The van der Waals surface area contributed by atoms with Crippen LogP contribution in [0.2, 0.25) is 5.02 Å². The molecule has 92 valence electrons. The van der Waals surface area contributed by atoms with Crippen LogP contribution in [0.15, 0.2) is 29.2 Å². The largest absolute Gasteiger partial charge is 0.361 e. The molecule has 18 heavy (non-hydrogen) atoms. The Morgan fingerprint density at radius 1 is 1.50 bits per heavy atom. The van der Waals surface area contributed by atoms with E-state index in [1.54, 1.807) is 22.8 Å². The minimum absolute atomic E-state index is 0.0875. The van der Waals surface area contributed by atoms with Crippen LogP contribution in [0.25, 0.3) is 10.9 Å². The van der Waals surface area contributed by atoms with Crippen LogP contribution in [0.5, 0.6) is 0 Å². The molecule has 0 aliphatic carbocycles. The maximum absolute atomic E-state index is 12.0. The molecular formula is C13H11ClN2O2.